The van der Waals surface area contributed by atoms with Crippen molar-refractivity contribution in [3.8, 4) is 11.5 Å². The van der Waals surface area contributed by atoms with Gasteiger partial charge in [0.25, 0.3) is 0 Å². The highest BCUT2D eigenvalue weighted by atomic mass is 32.2. The Morgan fingerprint density at radius 1 is 0.906 bits per heavy atom. The van der Waals surface area contributed by atoms with Crippen molar-refractivity contribution in [2.45, 2.75) is 49.3 Å². The van der Waals surface area contributed by atoms with Crippen LogP contribution in [0.15, 0.2) is 77.7 Å². The van der Waals surface area contributed by atoms with E-state index in [9.17, 15) is 13.5 Å². The number of fused-ring (bicyclic) bond motifs is 2. The van der Waals surface area contributed by atoms with Crippen molar-refractivity contribution >= 4 is 21.4 Å². The molecule has 1 saturated carbocycles. The van der Waals surface area contributed by atoms with Crippen LogP contribution in [0.25, 0.3) is 0 Å². The Morgan fingerprint density at radius 2 is 1.50 bits per heavy atom. The van der Waals surface area contributed by atoms with Gasteiger partial charge in [0.2, 0.25) is 10.0 Å². The number of para-hydroxylation sites is 4. The first-order chi connectivity index (χ1) is 15.4. The molecular weight excluding hydrogens is 424 g/mol. The van der Waals surface area contributed by atoms with Gasteiger partial charge in [0.1, 0.15) is 0 Å². The summed E-state index contributed by atoms with van der Waals surface area (Å²) in [5, 5.41) is 11.4. The fourth-order valence-electron chi connectivity index (χ4n) is 4.64. The molecule has 2 N–H and O–H groups in total. The van der Waals surface area contributed by atoms with Gasteiger partial charge in [-0.25, -0.2) is 13.1 Å². The summed E-state index contributed by atoms with van der Waals surface area (Å²) in [6.07, 6.45) is 1.23. The van der Waals surface area contributed by atoms with Gasteiger partial charge in [-0.2, -0.15) is 0 Å². The van der Waals surface area contributed by atoms with E-state index in [0.29, 0.717) is 6.42 Å². The molecule has 0 aromatic heterocycles. The lowest BCUT2D eigenvalue weighted by molar-refractivity contribution is 0.0807. The number of benzene rings is 3. The van der Waals surface area contributed by atoms with Gasteiger partial charge in [-0.1, -0.05) is 42.0 Å². The lowest BCUT2D eigenvalue weighted by Gasteiger charge is -2.44. The lowest BCUT2D eigenvalue weighted by atomic mass is 9.86. The lowest BCUT2D eigenvalue weighted by Crippen LogP contribution is -2.56. The van der Waals surface area contributed by atoms with E-state index in [2.05, 4.69) is 9.62 Å². The number of aliphatic hydroxyl groups is 1. The van der Waals surface area contributed by atoms with Crippen LogP contribution < -0.4 is 14.4 Å². The van der Waals surface area contributed by atoms with Crippen molar-refractivity contribution in [1.82, 2.24) is 4.72 Å². The quantitative estimate of drug-likeness (QED) is 0.612. The third kappa shape index (κ3) is 3.77. The number of sulfonamides is 1. The third-order valence-corrected chi connectivity index (χ3v) is 7.77. The second kappa shape index (κ2) is 8.24. The molecule has 166 valence electrons. The van der Waals surface area contributed by atoms with E-state index in [0.717, 1.165) is 41.3 Å². The first kappa shape index (κ1) is 21.0. The molecule has 3 aromatic rings. The molecule has 0 saturated heterocycles. The van der Waals surface area contributed by atoms with Crippen LogP contribution in [0.3, 0.4) is 0 Å². The highest BCUT2D eigenvalue weighted by Gasteiger charge is 2.41. The summed E-state index contributed by atoms with van der Waals surface area (Å²) in [7, 11) is -3.74. The van der Waals surface area contributed by atoms with Crippen LogP contribution in [0, 0.1) is 6.92 Å². The van der Waals surface area contributed by atoms with E-state index in [4.69, 9.17) is 4.74 Å². The second-order valence-electron chi connectivity index (χ2n) is 8.44. The minimum Gasteiger partial charge on any atom is -0.453 e. The van der Waals surface area contributed by atoms with Crippen LogP contribution in [0.1, 0.15) is 24.8 Å². The van der Waals surface area contributed by atoms with Crippen LogP contribution >= 0.6 is 0 Å². The van der Waals surface area contributed by atoms with Crippen LogP contribution in [0.2, 0.25) is 0 Å². The van der Waals surface area contributed by atoms with Gasteiger partial charge in [0, 0.05) is 0 Å². The third-order valence-electron chi connectivity index (χ3n) is 6.26. The normalized spacial score (nSPS) is 22.6. The Morgan fingerprint density at radius 3 is 2.12 bits per heavy atom. The topological polar surface area (TPSA) is 78.9 Å². The van der Waals surface area contributed by atoms with Crippen molar-refractivity contribution in [2.75, 3.05) is 4.90 Å². The summed E-state index contributed by atoms with van der Waals surface area (Å²) in [6, 6.07) is 21.3. The van der Waals surface area contributed by atoms with Gasteiger partial charge in [-0.05, 0) is 62.6 Å². The fourth-order valence-corrected chi connectivity index (χ4v) is 5.93. The SMILES string of the molecule is Cc1ccc(S(=O)(=O)N[C@H]2CCC[C@H](N3c4ccccc4Oc4ccccc43)[C@@H]2O)cc1. The average molecular weight is 451 g/mol. The zero-order valence-corrected chi connectivity index (χ0v) is 18.6. The molecule has 6 nitrogen and oxygen atoms in total. The Labute approximate surface area is 188 Å². The number of aliphatic hydroxyl groups excluding tert-OH is 1. The number of aryl methyl sites for hydroxylation is 1. The first-order valence-electron chi connectivity index (χ1n) is 10.9. The zero-order chi connectivity index (χ0) is 22.3. The summed E-state index contributed by atoms with van der Waals surface area (Å²) in [6.45, 7) is 1.91. The van der Waals surface area contributed by atoms with Crippen molar-refractivity contribution in [3.63, 3.8) is 0 Å². The molecule has 0 amide bonds. The number of hydrogen-bond donors (Lipinski definition) is 2. The summed E-state index contributed by atoms with van der Waals surface area (Å²) in [5.41, 5.74) is 2.74. The Hall–Kier alpha value is -2.87. The minimum absolute atomic E-state index is 0.208. The molecule has 7 heteroatoms. The molecule has 32 heavy (non-hydrogen) atoms. The summed E-state index contributed by atoms with van der Waals surface area (Å²) in [5.74, 6) is 1.45. The van der Waals surface area contributed by atoms with Gasteiger partial charge >= 0.3 is 0 Å². The maximum Gasteiger partial charge on any atom is 0.240 e. The minimum atomic E-state index is -3.74. The molecule has 0 radical (unpaired) electrons. The highest BCUT2D eigenvalue weighted by Crippen LogP contribution is 2.49. The predicted molar refractivity (Wildman–Crippen MR) is 124 cm³/mol. The van der Waals surface area contributed by atoms with Gasteiger partial charge in [-0.3, -0.25) is 0 Å². The van der Waals surface area contributed by atoms with Crippen molar-refractivity contribution in [1.29, 1.82) is 0 Å². The Balaban J connectivity index is 1.46. The monoisotopic (exact) mass is 450 g/mol. The molecule has 1 aliphatic heterocycles. The van der Waals surface area contributed by atoms with Crippen LogP contribution in [0.5, 0.6) is 11.5 Å². The van der Waals surface area contributed by atoms with Crippen molar-refractivity contribution < 1.29 is 18.3 Å². The molecule has 3 atom stereocenters. The van der Waals surface area contributed by atoms with E-state index in [-0.39, 0.29) is 10.9 Å². The summed E-state index contributed by atoms with van der Waals surface area (Å²) >= 11 is 0. The first-order valence-corrected chi connectivity index (χ1v) is 12.3. The van der Waals surface area contributed by atoms with E-state index in [1.165, 1.54) is 0 Å². The molecule has 3 aromatic carbocycles. The van der Waals surface area contributed by atoms with Crippen molar-refractivity contribution in [2.24, 2.45) is 0 Å². The van der Waals surface area contributed by atoms with Crippen LogP contribution in [-0.4, -0.2) is 31.7 Å². The number of nitrogens with zero attached hydrogens (tertiary/aromatic N) is 1. The number of hydrogen-bond acceptors (Lipinski definition) is 5. The van der Waals surface area contributed by atoms with E-state index >= 15 is 0 Å². The number of nitrogens with one attached hydrogen (secondary N) is 1. The molecule has 2 aliphatic rings. The molecule has 1 heterocycles. The Bertz CT molecular complexity index is 1180. The standard InChI is InChI=1S/C25H26N2O4S/c1-17-13-15-18(16-14-17)32(29,30)26-19-7-6-10-22(25(19)28)27-20-8-2-4-11-23(20)31-24-12-5-3-9-21(24)27/h2-5,8-9,11-16,19,22,25-26,28H,6-7,10H2,1H3/t19-,22-,25+/m0/s1. The fraction of sp³-hybridized carbons (Fsp3) is 0.280. The molecule has 0 unspecified atom stereocenters. The maximum atomic E-state index is 13.0. The molecular formula is C25H26N2O4S. The number of rotatable bonds is 4. The predicted octanol–water partition coefficient (Wildman–Crippen LogP) is 4.50. The van der Waals surface area contributed by atoms with Gasteiger partial charge in [-0.15, -0.1) is 0 Å². The molecule has 1 fully saturated rings. The summed E-state index contributed by atoms with van der Waals surface area (Å²) in [4.78, 5) is 2.31. The highest BCUT2D eigenvalue weighted by molar-refractivity contribution is 7.89. The molecule has 0 spiro atoms. The average Bonchev–Trinajstić information content (AvgIpc) is 2.79. The van der Waals surface area contributed by atoms with Crippen LogP contribution in [-0.2, 0) is 10.0 Å². The summed E-state index contributed by atoms with van der Waals surface area (Å²) < 4.78 is 34.8. The Kier molecular flexibility index (Phi) is 5.41. The zero-order valence-electron chi connectivity index (χ0n) is 17.8. The van der Waals surface area contributed by atoms with Crippen LogP contribution in [0.4, 0.5) is 11.4 Å². The molecule has 0 bridgehead atoms. The number of ether oxygens (including phenoxy) is 1. The molecule has 5 rings (SSSR count). The van der Waals surface area contributed by atoms with Gasteiger partial charge < -0.3 is 14.7 Å². The van der Waals surface area contributed by atoms with E-state index in [1.54, 1.807) is 24.3 Å². The second-order valence-corrected chi connectivity index (χ2v) is 10.2. The largest absolute Gasteiger partial charge is 0.453 e. The number of anilines is 2. The molecule has 1 aliphatic carbocycles. The van der Waals surface area contributed by atoms with E-state index in [1.807, 2.05) is 55.5 Å². The van der Waals surface area contributed by atoms with Gasteiger partial charge in [0.15, 0.2) is 11.5 Å². The maximum absolute atomic E-state index is 13.0. The smallest absolute Gasteiger partial charge is 0.240 e. The van der Waals surface area contributed by atoms with E-state index < -0.39 is 22.2 Å². The van der Waals surface area contributed by atoms with Gasteiger partial charge in [0.05, 0.1) is 34.5 Å². The van der Waals surface area contributed by atoms with Crippen molar-refractivity contribution in [3.05, 3.63) is 78.4 Å².